The summed E-state index contributed by atoms with van der Waals surface area (Å²) in [5.74, 6) is 0.445. The van der Waals surface area contributed by atoms with E-state index in [0.29, 0.717) is 27.2 Å². The molecule has 0 heterocycles. The molecule has 116 valence electrons. The largest absolute Gasteiger partial charge is 0.493 e. The Morgan fingerprint density at radius 1 is 1.18 bits per heavy atom. The maximum absolute atomic E-state index is 13.1. The van der Waals surface area contributed by atoms with E-state index in [1.165, 1.54) is 26.4 Å². The molecule has 2 rings (SSSR count). The van der Waals surface area contributed by atoms with Crippen molar-refractivity contribution in [1.29, 1.82) is 0 Å². The molecule has 4 nitrogen and oxygen atoms in total. The fourth-order valence-electron chi connectivity index (χ4n) is 1.98. The zero-order chi connectivity index (χ0) is 16.1. The monoisotopic (exact) mass is 367 g/mol. The van der Waals surface area contributed by atoms with Crippen molar-refractivity contribution in [2.45, 2.75) is 6.42 Å². The Morgan fingerprint density at radius 2 is 1.86 bits per heavy atom. The number of rotatable bonds is 5. The fourth-order valence-corrected chi connectivity index (χ4v) is 2.40. The van der Waals surface area contributed by atoms with Crippen LogP contribution < -0.4 is 14.8 Å². The molecule has 0 atom stereocenters. The highest BCUT2D eigenvalue weighted by Gasteiger charge is 2.12. The normalized spacial score (nSPS) is 10.2. The summed E-state index contributed by atoms with van der Waals surface area (Å²) < 4.78 is 24.2. The second kappa shape index (κ2) is 7.26. The Hall–Kier alpha value is -2.08. The van der Waals surface area contributed by atoms with E-state index in [0.717, 1.165) is 0 Å². The Kier molecular flexibility index (Phi) is 5.38. The van der Waals surface area contributed by atoms with Crippen LogP contribution in [0, 0.1) is 5.82 Å². The standard InChI is InChI=1S/C16H15BrFNO3/c1-21-14-8-12(17)13(9-15(14)22-2)19-16(20)7-10-4-3-5-11(18)6-10/h3-6,8-9H,7H2,1-2H3,(H,19,20). The smallest absolute Gasteiger partial charge is 0.228 e. The maximum Gasteiger partial charge on any atom is 0.228 e. The summed E-state index contributed by atoms with van der Waals surface area (Å²) in [5, 5.41) is 2.76. The predicted molar refractivity (Wildman–Crippen MR) is 86.0 cm³/mol. The first-order valence-corrected chi connectivity index (χ1v) is 7.28. The molecule has 1 N–H and O–H groups in total. The molecule has 0 aliphatic heterocycles. The lowest BCUT2D eigenvalue weighted by Gasteiger charge is -2.13. The average Bonchev–Trinajstić information content (AvgIpc) is 2.48. The van der Waals surface area contributed by atoms with Crippen molar-refractivity contribution in [3.8, 4) is 11.5 Å². The zero-order valence-corrected chi connectivity index (χ0v) is 13.7. The van der Waals surface area contributed by atoms with Gasteiger partial charge >= 0.3 is 0 Å². The molecule has 0 radical (unpaired) electrons. The van der Waals surface area contributed by atoms with Gasteiger partial charge in [-0.3, -0.25) is 4.79 Å². The van der Waals surface area contributed by atoms with Gasteiger partial charge in [-0.05, 0) is 33.6 Å². The first kappa shape index (κ1) is 16.3. The molecule has 0 fully saturated rings. The first-order valence-electron chi connectivity index (χ1n) is 6.49. The predicted octanol–water partition coefficient (Wildman–Crippen LogP) is 3.79. The summed E-state index contributed by atoms with van der Waals surface area (Å²) in [6.45, 7) is 0. The average molecular weight is 368 g/mol. The topological polar surface area (TPSA) is 47.6 Å². The van der Waals surface area contributed by atoms with E-state index in [1.807, 2.05) is 0 Å². The molecule has 0 spiro atoms. The number of ether oxygens (including phenoxy) is 2. The molecule has 0 aliphatic carbocycles. The van der Waals surface area contributed by atoms with Crippen molar-refractivity contribution in [2.24, 2.45) is 0 Å². The Bertz CT molecular complexity index is 691. The summed E-state index contributed by atoms with van der Waals surface area (Å²) in [4.78, 5) is 12.1. The minimum absolute atomic E-state index is 0.0819. The van der Waals surface area contributed by atoms with Crippen LogP contribution in [0.25, 0.3) is 0 Å². The van der Waals surface area contributed by atoms with Crippen LogP contribution in [0.4, 0.5) is 10.1 Å². The number of nitrogens with one attached hydrogen (secondary N) is 1. The molecular weight excluding hydrogens is 353 g/mol. The Balaban J connectivity index is 2.14. The van der Waals surface area contributed by atoms with Gasteiger partial charge in [0.1, 0.15) is 5.82 Å². The van der Waals surface area contributed by atoms with Crippen molar-refractivity contribution < 1.29 is 18.7 Å². The van der Waals surface area contributed by atoms with Crippen molar-refractivity contribution in [3.63, 3.8) is 0 Å². The first-order chi connectivity index (χ1) is 10.5. The van der Waals surface area contributed by atoms with Gasteiger partial charge in [-0.25, -0.2) is 4.39 Å². The van der Waals surface area contributed by atoms with Crippen molar-refractivity contribution in [3.05, 3.63) is 52.3 Å². The molecule has 2 aromatic rings. The lowest BCUT2D eigenvalue weighted by molar-refractivity contribution is -0.115. The van der Waals surface area contributed by atoms with Crippen LogP contribution in [-0.4, -0.2) is 20.1 Å². The molecule has 22 heavy (non-hydrogen) atoms. The van der Waals surface area contributed by atoms with Gasteiger partial charge in [-0.15, -0.1) is 0 Å². The third-order valence-corrected chi connectivity index (χ3v) is 3.66. The molecule has 0 saturated carbocycles. The van der Waals surface area contributed by atoms with Gasteiger partial charge < -0.3 is 14.8 Å². The summed E-state index contributed by atoms with van der Waals surface area (Å²) in [5.41, 5.74) is 1.16. The minimum atomic E-state index is -0.363. The zero-order valence-electron chi connectivity index (χ0n) is 12.2. The van der Waals surface area contributed by atoms with Gasteiger partial charge in [0.05, 0.1) is 26.3 Å². The highest BCUT2D eigenvalue weighted by molar-refractivity contribution is 9.10. The minimum Gasteiger partial charge on any atom is -0.493 e. The summed E-state index contributed by atoms with van der Waals surface area (Å²) >= 11 is 3.37. The molecule has 0 saturated heterocycles. The quantitative estimate of drug-likeness (QED) is 0.874. The SMILES string of the molecule is COc1cc(Br)c(NC(=O)Cc2cccc(F)c2)cc1OC. The molecule has 2 aromatic carbocycles. The fraction of sp³-hybridized carbons (Fsp3) is 0.188. The second-order valence-electron chi connectivity index (χ2n) is 4.54. The highest BCUT2D eigenvalue weighted by atomic mass is 79.9. The number of benzene rings is 2. The number of anilines is 1. The molecular formula is C16H15BrFNO3. The number of methoxy groups -OCH3 is 2. The molecule has 0 aliphatic rings. The Morgan fingerprint density at radius 3 is 2.50 bits per heavy atom. The third kappa shape index (κ3) is 3.98. The van der Waals surface area contributed by atoms with Crippen molar-refractivity contribution in [1.82, 2.24) is 0 Å². The van der Waals surface area contributed by atoms with E-state index in [1.54, 1.807) is 24.3 Å². The van der Waals surface area contributed by atoms with Gasteiger partial charge in [-0.2, -0.15) is 0 Å². The van der Waals surface area contributed by atoms with Crippen molar-refractivity contribution >= 4 is 27.5 Å². The number of hydrogen-bond donors (Lipinski definition) is 1. The number of halogens is 2. The van der Waals surface area contributed by atoms with Crippen LogP contribution in [0.3, 0.4) is 0 Å². The van der Waals surface area contributed by atoms with Crippen LogP contribution in [0.15, 0.2) is 40.9 Å². The van der Waals surface area contributed by atoms with Crippen LogP contribution in [-0.2, 0) is 11.2 Å². The van der Waals surface area contributed by atoms with Gasteiger partial charge in [0, 0.05) is 16.6 Å². The van der Waals surface area contributed by atoms with Crippen molar-refractivity contribution in [2.75, 3.05) is 19.5 Å². The summed E-state index contributed by atoms with van der Waals surface area (Å²) in [7, 11) is 3.05. The molecule has 6 heteroatoms. The lowest BCUT2D eigenvalue weighted by Crippen LogP contribution is -2.15. The van der Waals surface area contributed by atoms with E-state index in [4.69, 9.17) is 9.47 Å². The second-order valence-corrected chi connectivity index (χ2v) is 5.40. The van der Waals surface area contributed by atoms with Crippen LogP contribution >= 0.6 is 15.9 Å². The van der Waals surface area contributed by atoms with Crippen LogP contribution in [0.5, 0.6) is 11.5 Å². The van der Waals surface area contributed by atoms with E-state index in [9.17, 15) is 9.18 Å². The van der Waals surface area contributed by atoms with E-state index in [-0.39, 0.29) is 18.1 Å². The van der Waals surface area contributed by atoms with Gasteiger partial charge in [0.25, 0.3) is 0 Å². The van der Waals surface area contributed by atoms with Gasteiger partial charge in [0.2, 0.25) is 5.91 Å². The molecule has 1 amide bonds. The summed E-state index contributed by atoms with van der Waals surface area (Å²) in [6, 6.07) is 9.31. The van der Waals surface area contributed by atoms with Crippen LogP contribution in [0.2, 0.25) is 0 Å². The number of carbonyl (C=O) groups excluding carboxylic acids is 1. The van der Waals surface area contributed by atoms with E-state index in [2.05, 4.69) is 21.2 Å². The number of hydrogen-bond acceptors (Lipinski definition) is 3. The molecule has 0 bridgehead atoms. The highest BCUT2D eigenvalue weighted by Crippen LogP contribution is 2.36. The maximum atomic E-state index is 13.1. The third-order valence-electron chi connectivity index (χ3n) is 3.00. The Labute approximate surface area is 136 Å². The van der Waals surface area contributed by atoms with Crippen LogP contribution in [0.1, 0.15) is 5.56 Å². The van der Waals surface area contributed by atoms with E-state index >= 15 is 0 Å². The number of carbonyl (C=O) groups is 1. The molecule has 0 aromatic heterocycles. The van der Waals surface area contributed by atoms with Gasteiger partial charge in [-0.1, -0.05) is 12.1 Å². The van der Waals surface area contributed by atoms with E-state index < -0.39 is 0 Å². The summed E-state index contributed by atoms with van der Waals surface area (Å²) in [6.07, 6.45) is 0.0819. The lowest BCUT2D eigenvalue weighted by atomic mass is 10.1. The number of amides is 1. The van der Waals surface area contributed by atoms with Gasteiger partial charge in [0.15, 0.2) is 11.5 Å². The molecule has 0 unspecified atom stereocenters.